The van der Waals surface area contributed by atoms with Crippen molar-refractivity contribution in [3.8, 4) is 5.75 Å². The van der Waals surface area contributed by atoms with Crippen LogP contribution in [0.1, 0.15) is 30.4 Å². The van der Waals surface area contributed by atoms with E-state index < -0.39 is 0 Å². The third-order valence-electron chi connectivity index (χ3n) is 2.99. The predicted octanol–water partition coefficient (Wildman–Crippen LogP) is 3.69. The predicted molar refractivity (Wildman–Crippen MR) is 75.5 cm³/mol. The zero-order valence-electron chi connectivity index (χ0n) is 11.7. The summed E-state index contributed by atoms with van der Waals surface area (Å²) in [6.45, 7) is 7.39. The summed E-state index contributed by atoms with van der Waals surface area (Å²) in [5.41, 5.74) is 3.03. The summed E-state index contributed by atoms with van der Waals surface area (Å²) in [5.74, 6) is 1.74. The van der Waals surface area contributed by atoms with E-state index in [4.69, 9.17) is 9.26 Å². The maximum atomic E-state index is 5.72. The Labute approximate surface area is 113 Å². The fourth-order valence-electron chi connectivity index (χ4n) is 1.89. The number of aromatic nitrogens is 1. The lowest BCUT2D eigenvalue weighted by Crippen LogP contribution is -2.04. The molecule has 1 aromatic carbocycles. The van der Waals surface area contributed by atoms with Crippen LogP contribution in [0.25, 0.3) is 0 Å². The molecule has 0 unspecified atom stereocenters. The molecule has 0 fully saturated rings. The Morgan fingerprint density at radius 2 is 2.05 bits per heavy atom. The van der Waals surface area contributed by atoms with Crippen molar-refractivity contribution in [2.24, 2.45) is 0 Å². The highest BCUT2D eigenvalue weighted by Crippen LogP contribution is 2.25. The zero-order chi connectivity index (χ0) is 13.7. The number of anilines is 1. The molecule has 0 saturated carbocycles. The number of hydrogen-bond acceptors (Lipinski definition) is 4. The molecule has 19 heavy (non-hydrogen) atoms. The summed E-state index contributed by atoms with van der Waals surface area (Å²) in [6.07, 6.45) is 0.998. The normalized spacial score (nSPS) is 10.5. The molecule has 102 valence electrons. The Bertz CT molecular complexity index is 515. The van der Waals surface area contributed by atoms with Crippen LogP contribution in [0.15, 0.2) is 28.8 Å². The van der Waals surface area contributed by atoms with Gasteiger partial charge in [0.05, 0.1) is 18.0 Å². The van der Waals surface area contributed by atoms with Crippen LogP contribution in [0.5, 0.6) is 5.75 Å². The molecule has 0 spiro atoms. The minimum atomic E-state index is 0.688. The van der Waals surface area contributed by atoms with Crippen LogP contribution >= 0.6 is 0 Å². The summed E-state index contributed by atoms with van der Waals surface area (Å²) in [5, 5.41) is 7.34. The van der Waals surface area contributed by atoms with E-state index in [0.29, 0.717) is 6.54 Å². The van der Waals surface area contributed by atoms with Gasteiger partial charge in [-0.3, -0.25) is 0 Å². The van der Waals surface area contributed by atoms with Gasteiger partial charge in [0.15, 0.2) is 0 Å². The molecule has 2 aromatic rings. The van der Waals surface area contributed by atoms with Crippen molar-refractivity contribution in [2.75, 3.05) is 11.9 Å². The topological polar surface area (TPSA) is 47.3 Å². The zero-order valence-corrected chi connectivity index (χ0v) is 11.7. The minimum absolute atomic E-state index is 0.688. The first-order valence-electron chi connectivity index (χ1n) is 6.59. The minimum Gasteiger partial charge on any atom is -0.491 e. The van der Waals surface area contributed by atoms with Crippen molar-refractivity contribution in [3.05, 3.63) is 41.3 Å². The summed E-state index contributed by atoms with van der Waals surface area (Å²) >= 11 is 0. The van der Waals surface area contributed by atoms with Gasteiger partial charge in [-0.15, -0.1) is 0 Å². The number of benzene rings is 1. The van der Waals surface area contributed by atoms with Crippen molar-refractivity contribution in [1.29, 1.82) is 0 Å². The monoisotopic (exact) mass is 260 g/mol. The summed E-state index contributed by atoms with van der Waals surface area (Å²) in [6, 6.07) is 7.97. The molecule has 2 rings (SSSR count). The molecule has 0 aliphatic carbocycles. The van der Waals surface area contributed by atoms with Crippen molar-refractivity contribution in [2.45, 2.75) is 33.7 Å². The highest BCUT2D eigenvalue weighted by Gasteiger charge is 2.09. The van der Waals surface area contributed by atoms with Crippen LogP contribution in [-0.2, 0) is 6.54 Å². The number of hydrogen-bond donors (Lipinski definition) is 1. The lowest BCUT2D eigenvalue weighted by Gasteiger charge is -2.12. The third-order valence-corrected chi connectivity index (χ3v) is 2.99. The first-order valence-corrected chi connectivity index (χ1v) is 6.59. The number of para-hydroxylation sites is 2. The number of nitrogens with zero attached hydrogens (tertiary/aromatic N) is 1. The molecule has 0 saturated heterocycles. The van der Waals surface area contributed by atoms with Gasteiger partial charge in [-0.05, 0) is 32.4 Å². The molecule has 0 aliphatic rings. The second kappa shape index (κ2) is 6.27. The second-order valence-corrected chi connectivity index (χ2v) is 4.50. The average molecular weight is 260 g/mol. The highest BCUT2D eigenvalue weighted by atomic mass is 16.5. The average Bonchev–Trinajstić information content (AvgIpc) is 2.74. The van der Waals surface area contributed by atoms with E-state index in [1.807, 2.05) is 38.1 Å². The summed E-state index contributed by atoms with van der Waals surface area (Å²) in [7, 11) is 0. The standard InChI is InChI=1S/C15H20N2O2/c1-4-9-18-15-8-6-5-7-14(15)16-10-13-11(2)17-19-12(13)3/h5-8,16H,4,9-10H2,1-3H3. The first kappa shape index (κ1) is 13.5. The number of rotatable bonds is 6. The molecule has 0 bridgehead atoms. The molecular weight excluding hydrogens is 240 g/mol. The Morgan fingerprint density at radius 3 is 2.74 bits per heavy atom. The van der Waals surface area contributed by atoms with Gasteiger partial charge in [0.1, 0.15) is 11.5 Å². The van der Waals surface area contributed by atoms with Crippen molar-refractivity contribution in [3.63, 3.8) is 0 Å². The van der Waals surface area contributed by atoms with Gasteiger partial charge in [0, 0.05) is 12.1 Å². The number of nitrogens with one attached hydrogen (secondary N) is 1. The SMILES string of the molecule is CCCOc1ccccc1NCc1c(C)noc1C. The van der Waals surface area contributed by atoms with Gasteiger partial charge in [-0.25, -0.2) is 0 Å². The molecule has 4 nitrogen and oxygen atoms in total. The van der Waals surface area contributed by atoms with Gasteiger partial charge >= 0.3 is 0 Å². The van der Waals surface area contributed by atoms with E-state index >= 15 is 0 Å². The van der Waals surface area contributed by atoms with Crippen molar-refractivity contribution >= 4 is 5.69 Å². The van der Waals surface area contributed by atoms with Gasteiger partial charge in [-0.1, -0.05) is 24.2 Å². The Balaban J connectivity index is 2.07. The van der Waals surface area contributed by atoms with Crippen molar-refractivity contribution in [1.82, 2.24) is 5.16 Å². The summed E-state index contributed by atoms with van der Waals surface area (Å²) in [4.78, 5) is 0. The van der Waals surface area contributed by atoms with Crippen LogP contribution < -0.4 is 10.1 Å². The first-order chi connectivity index (χ1) is 9.22. The largest absolute Gasteiger partial charge is 0.491 e. The van der Waals surface area contributed by atoms with Crippen LogP contribution in [0, 0.1) is 13.8 Å². The number of ether oxygens (including phenoxy) is 1. The van der Waals surface area contributed by atoms with E-state index in [-0.39, 0.29) is 0 Å². The van der Waals surface area contributed by atoms with Gasteiger partial charge in [0.2, 0.25) is 0 Å². The fourth-order valence-corrected chi connectivity index (χ4v) is 1.89. The van der Waals surface area contributed by atoms with Gasteiger partial charge in [0.25, 0.3) is 0 Å². The maximum absolute atomic E-state index is 5.72. The number of aryl methyl sites for hydroxylation is 2. The van der Waals surface area contributed by atoms with E-state index in [0.717, 1.165) is 41.5 Å². The van der Waals surface area contributed by atoms with E-state index in [1.165, 1.54) is 0 Å². The Hall–Kier alpha value is -1.97. The van der Waals surface area contributed by atoms with E-state index in [1.54, 1.807) is 0 Å². The van der Waals surface area contributed by atoms with E-state index in [2.05, 4.69) is 17.4 Å². The molecule has 1 heterocycles. The fraction of sp³-hybridized carbons (Fsp3) is 0.400. The van der Waals surface area contributed by atoms with Crippen molar-refractivity contribution < 1.29 is 9.26 Å². The quantitative estimate of drug-likeness (QED) is 0.860. The van der Waals surface area contributed by atoms with Gasteiger partial charge < -0.3 is 14.6 Å². The van der Waals surface area contributed by atoms with Gasteiger partial charge in [-0.2, -0.15) is 0 Å². The molecule has 0 radical (unpaired) electrons. The van der Waals surface area contributed by atoms with Crippen LogP contribution in [0.4, 0.5) is 5.69 Å². The van der Waals surface area contributed by atoms with Crippen LogP contribution in [0.3, 0.4) is 0 Å². The van der Waals surface area contributed by atoms with Crippen LogP contribution in [-0.4, -0.2) is 11.8 Å². The Kier molecular flexibility index (Phi) is 4.44. The second-order valence-electron chi connectivity index (χ2n) is 4.50. The smallest absolute Gasteiger partial charge is 0.142 e. The highest BCUT2D eigenvalue weighted by molar-refractivity contribution is 5.56. The van der Waals surface area contributed by atoms with Crippen LogP contribution in [0.2, 0.25) is 0 Å². The summed E-state index contributed by atoms with van der Waals surface area (Å²) < 4.78 is 10.9. The molecular formula is C15H20N2O2. The molecule has 4 heteroatoms. The molecule has 0 aliphatic heterocycles. The third kappa shape index (κ3) is 3.28. The maximum Gasteiger partial charge on any atom is 0.142 e. The lowest BCUT2D eigenvalue weighted by molar-refractivity contribution is 0.319. The molecule has 1 N–H and O–H groups in total. The lowest BCUT2D eigenvalue weighted by atomic mass is 10.2. The molecule has 0 atom stereocenters. The Morgan fingerprint density at radius 1 is 1.26 bits per heavy atom. The molecule has 0 amide bonds. The molecule has 1 aromatic heterocycles. The van der Waals surface area contributed by atoms with E-state index in [9.17, 15) is 0 Å².